The van der Waals surface area contributed by atoms with Gasteiger partial charge in [0, 0.05) is 15.1 Å². The summed E-state index contributed by atoms with van der Waals surface area (Å²) in [4.78, 5) is 1.29. The summed E-state index contributed by atoms with van der Waals surface area (Å²) < 4.78 is 1.17. The fourth-order valence-corrected chi connectivity index (χ4v) is 2.47. The Morgan fingerprint density at radius 3 is 2.77 bits per heavy atom. The molecule has 0 spiro atoms. The zero-order valence-corrected chi connectivity index (χ0v) is 10.1. The van der Waals surface area contributed by atoms with Crippen molar-refractivity contribution in [3.05, 3.63) is 28.7 Å². The molecular weight excluding hydrogens is 246 g/mol. The summed E-state index contributed by atoms with van der Waals surface area (Å²) in [6.07, 6.45) is 0. The molecule has 72 valence electrons. The highest BCUT2D eigenvalue weighted by Gasteiger charge is 2.02. The predicted octanol–water partition coefficient (Wildman–Crippen LogP) is 3.14. The van der Waals surface area contributed by atoms with Gasteiger partial charge in [0.05, 0.1) is 0 Å². The van der Waals surface area contributed by atoms with Crippen LogP contribution in [0.4, 0.5) is 0 Å². The lowest BCUT2D eigenvalue weighted by molar-refractivity contribution is 0.675. The van der Waals surface area contributed by atoms with E-state index >= 15 is 0 Å². The second-order valence-corrected chi connectivity index (χ2v) is 5.00. The van der Waals surface area contributed by atoms with Crippen molar-refractivity contribution in [1.29, 1.82) is 0 Å². The van der Waals surface area contributed by atoms with E-state index in [9.17, 15) is 0 Å². The molecule has 0 bridgehead atoms. The summed E-state index contributed by atoms with van der Waals surface area (Å²) in [6, 6.07) is 8.27. The molecular formula is C10H14BrNS. The second-order valence-electron chi connectivity index (χ2n) is 3.08. The van der Waals surface area contributed by atoms with Gasteiger partial charge in [0.1, 0.15) is 0 Å². The second kappa shape index (κ2) is 5.68. The first kappa shape index (κ1) is 11.1. The van der Waals surface area contributed by atoms with Gasteiger partial charge in [-0.2, -0.15) is 0 Å². The van der Waals surface area contributed by atoms with Crippen molar-refractivity contribution >= 4 is 27.7 Å². The monoisotopic (exact) mass is 259 g/mol. The van der Waals surface area contributed by atoms with Crippen molar-refractivity contribution in [3.8, 4) is 0 Å². The van der Waals surface area contributed by atoms with Crippen LogP contribution in [0.25, 0.3) is 0 Å². The van der Waals surface area contributed by atoms with Crippen LogP contribution in [0.2, 0.25) is 0 Å². The van der Waals surface area contributed by atoms with Gasteiger partial charge in [-0.15, -0.1) is 11.8 Å². The first-order valence-corrected chi connectivity index (χ1v) is 6.09. The first-order chi connectivity index (χ1) is 6.24. The van der Waals surface area contributed by atoms with Gasteiger partial charge in [0.2, 0.25) is 0 Å². The van der Waals surface area contributed by atoms with E-state index in [0.29, 0.717) is 5.92 Å². The predicted molar refractivity (Wildman–Crippen MR) is 63.1 cm³/mol. The Morgan fingerprint density at radius 2 is 2.15 bits per heavy atom. The van der Waals surface area contributed by atoms with Gasteiger partial charge in [-0.3, -0.25) is 0 Å². The number of hydrogen-bond acceptors (Lipinski definition) is 2. The molecule has 2 N–H and O–H groups in total. The molecule has 1 rings (SSSR count). The lowest BCUT2D eigenvalue weighted by atomic mass is 10.2. The Balaban J connectivity index is 2.50. The minimum absolute atomic E-state index is 0.581. The molecule has 0 fully saturated rings. The van der Waals surface area contributed by atoms with E-state index in [1.807, 2.05) is 17.8 Å². The fraction of sp³-hybridized carbons (Fsp3) is 0.400. The molecule has 1 atom stereocenters. The third-order valence-electron chi connectivity index (χ3n) is 1.76. The van der Waals surface area contributed by atoms with E-state index in [1.165, 1.54) is 9.37 Å². The van der Waals surface area contributed by atoms with Crippen LogP contribution in [0, 0.1) is 5.92 Å². The highest BCUT2D eigenvalue weighted by Crippen LogP contribution is 2.28. The lowest BCUT2D eigenvalue weighted by Gasteiger charge is -2.08. The molecule has 1 aromatic carbocycles. The largest absolute Gasteiger partial charge is 0.330 e. The Morgan fingerprint density at radius 1 is 1.46 bits per heavy atom. The molecule has 0 aliphatic carbocycles. The van der Waals surface area contributed by atoms with Crippen LogP contribution in [0.5, 0.6) is 0 Å². The van der Waals surface area contributed by atoms with Gasteiger partial charge in [0.15, 0.2) is 0 Å². The third kappa shape index (κ3) is 3.71. The number of nitrogens with two attached hydrogens (primary N) is 1. The Kier molecular flexibility index (Phi) is 4.84. The summed E-state index contributed by atoms with van der Waals surface area (Å²) in [5.74, 6) is 1.66. The van der Waals surface area contributed by atoms with Crippen molar-refractivity contribution in [2.45, 2.75) is 11.8 Å². The summed E-state index contributed by atoms with van der Waals surface area (Å²) in [7, 11) is 0. The third-order valence-corrected chi connectivity index (χ3v) is 4.12. The molecule has 0 saturated heterocycles. The summed E-state index contributed by atoms with van der Waals surface area (Å²) >= 11 is 5.37. The van der Waals surface area contributed by atoms with Gasteiger partial charge in [-0.1, -0.05) is 19.1 Å². The van der Waals surface area contributed by atoms with E-state index in [1.54, 1.807) is 0 Å². The molecule has 0 aliphatic heterocycles. The minimum Gasteiger partial charge on any atom is -0.330 e. The van der Waals surface area contributed by atoms with Gasteiger partial charge >= 0.3 is 0 Å². The van der Waals surface area contributed by atoms with E-state index in [4.69, 9.17) is 5.73 Å². The summed E-state index contributed by atoms with van der Waals surface area (Å²) in [5, 5.41) is 0. The van der Waals surface area contributed by atoms with E-state index in [-0.39, 0.29) is 0 Å². The van der Waals surface area contributed by atoms with Crippen LogP contribution >= 0.6 is 27.7 Å². The van der Waals surface area contributed by atoms with E-state index < -0.39 is 0 Å². The zero-order valence-electron chi connectivity index (χ0n) is 7.66. The van der Waals surface area contributed by atoms with Crippen LogP contribution in [0.1, 0.15) is 6.92 Å². The van der Waals surface area contributed by atoms with Crippen LogP contribution < -0.4 is 5.73 Å². The Labute approximate surface area is 92.2 Å². The zero-order chi connectivity index (χ0) is 9.68. The van der Waals surface area contributed by atoms with Crippen LogP contribution in [0.3, 0.4) is 0 Å². The maximum atomic E-state index is 5.55. The highest BCUT2D eigenvalue weighted by atomic mass is 79.9. The molecule has 0 heterocycles. The molecule has 0 aromatic heterocycles. The summed E-state index contributed by atoms with van der Waals surface area (Å²) in [5.41, 5.74) is 5.55. The van der Waals surface area contributed by atoms with Gasteiger partial charge in [0.25, 0.3) is 0 Å². The standard InChI is InChI=1S/C10H14BrNS/c1-8(6-12)7-13-10-5-3-2-4-9(10)11/h2-5,8H,6-7,12H2,1H3. The quantitative estimate of drug-likeness (QED) is 0.842. The molecule has 0 radical (unpaired) electrons. The lowest BCUT2D eigenvalue weighted by Crippen LogP contribution is -2.12. The fourth-order valence-electron chi connectivity index (χ4n) is 0.862. The first-order valence-electron chi connectivity index (χ1n) is 4.31. The average Bonchev–Trinajstić information content (AvgIpc) is 2.16. The number of rotatable bonds is 4. The SMILES string of the molecule is CC(CN)CSc1ccccc1Br. The number of halogens is 1. The number of hydrogen-bond donors (Lipinski definition) is 1. The highest BCUT2D eigenvalue weighted by molar-refractivity contribution is 9.10. The maximum absolute atomic E-state index is 5.55. The number of thioether (sulfide) groups is 1. The molecule has 3 heteroatoms. The topological polar surface area (TPSA) is 26.0 Å². The Hall–Kier alpha value is 0.01000. The minimum atomic E-state index is 0.581. The molecule has 0 saturated carbocycles. The molecule has 13 heavy (non-hydrogen) atoms. The molecule has 1 aromatic rings. The van der Waals surface area contributed by atoms with E-state index in [0.717, 1.165) is 12.3 Å². The molecule has 1 unspecified atom stereocenters. The van der Waals surface area contributed by atoms with Crippen molar-refractivity contribution in [3.63, 3.8) is 0 Å². The average molecular weight is 260 g/mol. The number of benzene rings is 1. The van der Waals surface area contributed by atoms with Gasteiger partial charge < -0.3 is 5.73 Å². The Bertz CT molecular complexity index is 265. The summed E-state index contributed by atoms with van der Waals surface area (Å²) in [6.45, 7) is 2.93. The molecule has 0 aliphatic rings. The molecule has 0 amide bonds. The normalized spacial score (nSPS) is 12.8. The molecule has 1 nitrogen and oxygen atoms in total. The smallest absolute Gasteiger partial charge is 0.0311 e. The van der Waals surface area contributed by atoms with Crippen LogP contribution in [-0.4, -0.2) is 12.3 Å². The van der Waals surface area contributed by atoms with Crippen molar-refractivity contribution in [2.24, 2.45) is 11.7 Å². The van der Waals surface area contributed by atoms with Crippen LogP contribution in [0.15, 0.2) is 33.6 Å². The van der Waals surface area contributed by atoms with Gasteiger partial charge in [-0.05, 0) is 40.5 Å². The van der Waals surface area contributed by atoms with E-state index in [2.05, 4.69) is 41.1 Å². The van der Waals surface area contributed by atoms with Crippen molar-refractivity contribution < 1.29 is 0 Å². The maximum Gasteiger partial charge on any atom is 0.0311 e. The van der Waals surface area contributed by atoms with Gasteiger partial charge in [-0.25, -0.2) is 0 Å². The van der Waals surface area contributed by atoms with Crippen LogP contribution in [-0.2, 0) is 0 Å². The van der Waals surface area contributed by atoms with Crippen molar-refractivity contribution in [2.75, 3.05) is 12.3 Å². The van der Waals surface area contributed by atoms with Crippen molar-refractivity contribution in [1.82, 2.24) is 0 Å².